The molecule has 1 heteroatoms. The van der Waals surface area contributed by atoms with E-state index >= 15 is 0 Å². The van der Waals surface area contributed by atoms with E-state index in [1.54, 1.807) is 6.26 Å². The second-order valence-electron chi connectivity index (χ2n) is 6.54. The van der Waals surface area contributed by atoms with Crippen molar-refractivity contribution in [3.8, 4) is 0 Å². The Bertz CT molecular complexity index is 995. The molecule has 0 spiro atoms. The SMILES string of the molecule is c1coc(C2CCc3c(ccc4c3ccc3ccccc34)C2)c1. The Balaban J connectivity index is 1.67. The minimum Gasteiger partial charge on any atom is -0.469 e. The number of aryl methyl sites for hydroxylation is 1. The predicted molar refractivity (Wildman–Crippen MR) is 94.9 cm³/mol. The number of rotatable bonds is 1. The summed E-state index contributed by atoms with van der Waals surface area (Å²) in [6.45, 7) is 0. The maximum atomic E-state index is 5.63. The molecule has 5 rings (SSSR count). The minimum absolute atomic E-state index is 0.524. The zero-order valence-corrected chi connectivity index (χ0v) is 13.0. The molecular weight excluding hydrogens is 280 g/mol. The van der Waals surface area contributed by atoms with Crippen LogP contribution in [0.2, 0.25) is 0 Å². The molecule has 0 saturated heterocycles. The molecule has 1 aliphatic carbocycles. The fourth-order valence-corrected chi connectivity index (χ4v) is 4.13. The molecule has 3 aromatic carbocycles. The van der Waals surface area contributed by atoms with Gasteiger partial charge >= 0.3 is 0 Å². The maximum absolute atomic E-state index is 5.63. The first kappa shape index (κ1) is 13.0. The summed E-state index contributed by atoms with van der Waals surface area (Å²) in [7, 11) is 0. The van der Waals surface area contributed by atoms with Crippen LogP contribution in [0.15, 0.2) is 71.3 Å². The van der Waals surface area contributed by atoms with E-state index in [0.717, 1.165) is 18.6 Å². The van der Waals surface area contributed by atoms with Crippen LogP contribution < -0.4 is 0 Å². The van der Waals surface area contributed by atoms with E-state index in [1.807, 2.05) is 6.07 Å². The van der Waals surface area contributed by atoms with E-state index in [4.69, 9.17) is 4.42 Å². The summed E-state index contributed by atoms with van der Waals surface area (Å²) in [6.07, 6.45) is 5.19. The van der Waals surface area contributed by atoms with Crippen molar-refractivity contribution in [2.24, 2.45) is 0 Å². The van der Waals surface area contributed by atoms with Crippen LogP contribution in [0.4, 0.5) is 0 Å². The Morgan fingerprint density at radius 2 is 1.70 bits per heavy atom. The van der Waals surface area contributed by atoms with Crippen LogP contribution in [0.1, 0.15) is 29.2 Å². The van der Waals surface area contributed by atoms with Gasteiger partial charge in [-0.3, -0.25) is 0 Å². The van der Waals surface area contributed by atoms with Gasteiger partial charge < -0.3 is 4.42 Å². The maximum Gasteiger partial charge on any atom is 0.107 e. The third kappa shape index (κ3) is 2.00. The minimum atomic E-state index is 0.524. The van der Waals surface area contributed by atoms with Gasteiger partial charge in [0.25, 0.3) is 0 Å². The molecule has 0 N–H and O–H groups in total. The first-order chi connectivity index (χ1) is 11.4. The quantitative estimate of drug-likeness (QED) is 0.401. The third-order valence-electron chi connectivity index (χ3n) is 5.29. The van der Waals surface area contributed by atoms with E-state index in [0.29, 0.717) is 5.92 Å². The molecule has 0 fully saturated rings. The number of benzene rings is 3. The summed E-state index contributed by atoms with van der Waals surface area (Å²) < 4.78 is 5.63. The smallest absolute Gasteiger partial charge is 0.107 e. The van der Waals surface area contributed by atoms with Crippen LogP contribution in [0, 0.1) is 0 Å². The fourth-order valence-electron chi connectivity index (χ4n) is 4.13. The van der Waals surface area contributed by atoms with E-state index in [-0.39, 0.29) is 0 Å². The molecule has 112 valence electrons. The molecule has 0 amide bonds. The van der Waals surface area contributed by atoms with Crippen molar-refractivity contribution in [2.75, 3.05) is 0 Å². The van der Waals surface area contributed by atoms with Crippen molar-refractivity contribution in [3.05, 3.63) is 83.8 Å². The monoisotopic (exact) mass is 298 g/mol. The summed E-state index contributed by atoms with van der Waals surface area (Å²) in [5, 5.41) is 5.50. The van der Waals surface area contributed by atoms with Gasteiger partial charge in [0.15, 0.2) is 0 Å². The molecule has 1 aromatic heterocycles. The molecule has 0 radical (unpaired) electrons. The number of furan rings is 1. The summed E-state index contributed by atoms with van der Waals surface area (Å²) in [5.41, 5.74) is 3.02. The van der Waals surface area contributed by atoms with Gasteiger partial charge in [0.1, 0.15) is 5.76 Å². The van der Waals surface area contributed by atoms with Crippen LogP contribution in [0.3, 0.4) is 0 Å². The fraction of sp³-hybridized carbons (Fsp3) is 0.182. The molecule has 1 nitrogen and oxygen atoms in total. The Hall–Kier alpha value is -2.54. The molecular formula is C22H18O. The highest BCUT2D eigenvalue weighted by molar-refractivity contribution is 6.08. The lowest BCUT2D eigenvalue weighted by molar-refractivity contribution is 0.434. The van der Waals surface area contributed by atoms with Gasteiger partial charge in [0.2, 0.25) is 0 Å². The van der Waals surface area contributed by atoms with Crippen molar-refractivity contribution in [1.29, 1.82) is 0 Å². The Morgan fingerprint density at radius 3 is 2.61 bits per heavy atom. The molecule has 0 saturated carbocycles. The lowest BCUT2D eigenvalue weighted by Crippen LogP contribution is -2.12. The third-order valence-corrected chi connectivity index (χ3v) is 5.29. The van der Waals surface area contributed by atoms with Gasteiger partial charge in [0.05, 0.1) is 6.26 Å². The highest BCUT2D eigenvalue weighted by Gasteiger charge is 2.23. The number of fused-ring (bicyclic) bond motifs is 5. The van der Waals surface area contributed by atoms with Crippen LogP contribution >= 0.6 is 0 Å². The first-order valence-electron chi connectivity index (χ1n) is 8.36. The molecule has 1 heterocycles. The molecule has 0 bridgehead atoms. The highest BCUT2D eigenvalue weighted by Crippen LogP contribution is 2.38. The van der Waals surface area contributed by atoms with Crippen LogP contribution in [0.25, 0.3) is 21.5 Å². The summed E-state index contributed by atoms with van der Waals surface area (Å²) >= 11 is 0. The zero-order chi connectivity index (χ0) is 15.2. The van der Waals surface area contributed by atoms with E-state index in [1.165, 1.54) is 39.1 Å². The largest absolute Gasteiger partial charge is 0.469 e. The number of hydrogen-bond acceptors (Lipinski definition) is 1. The van der Waals surface area contributed by atoms with Gasteiger partial charge in [-0.2, -0.15) is 0 Å². The van der Waals surface area contributed by atoms with E-state index in [2.05, 4.69) is 54.6 Å². The van der Waals surface area contributed by atoms with Crippen LogP contribution in [-0.4, -0.2) is 0 Å². The molecule has 1 atom stereocenters. The molecule has 1 aliphatic rings. The first-order valence-corrected chi connectivity index (χ1v) is 8.36. The lowest BCUT2D eigenvalue weighted by atomic mass is 9.80. The van der Waals surface area contributed by atoms with E-state index in [9.17, 15) is 0 Å². The van der Waals surface area contributed by atoms with Crippen molar-refractivity contribution in [3.63, 3.8) is 0 Å². The second-order valence-corrected chi connectivity index (χ2v) is 6.54. The molecule has 23 heavy (non-hydrogen) atoms. The lowest BCUT2D eigenvalue weighted by Gasteiger charge is -2.25. The molecule has 4 aromatic rings. The Labute approximate surface area is 135 Å². The average Bonchev–Trinajstić information content (AvgIpc) is 3.15. The summed E-state index contributed by atoms with van der Waals surface area (Å²) in [6, 6.07) is 22.0. The van der Waals surface area contributed by atoms with Crippen molar-refractivity contribution in [2.45, 2.75) is 25.2 Å². The van der Waals surface area contributed by atoms with Crippen LogP contribution in [0.5, 0.6) is 0 Å². The van der Waals surface area contributed by atoms with E-state index < -0.39 is 0 Å². The van der Waals surface area contributed by atoms with Gasteiger partial charge in [0, 0.05) is 5.92 Å². The molecule has 0 aliphatic heterocycles. The van der Waals surface area contributed by atoms with Gasteiger partial charge in [-0.15, -0.1) is 0 Å². The summed E-state index contributed by atoms with van der Waals surface area (Å²) in [5.74, 6) is 1.66. The van der Waals surface area contributed by atoms with Crippen LogP contribution in [-0.2, 0) is 12.8 Å². The Kier molecular flexibility index (Phi) is 2.81. The topological polar surface area (TPSA) is 13.1 Å². The van der Waals surface area contributed by atoms with Crippen molar-refractivity contribution in [1.82, 2.24) is 0 Å². The van der Waals surface area contributed by atoms with Crippen molar-refractivity contribution < 1.29 is 4.42 Å². The zero-order valence-electron chi connectivity index (χ0n) is 13.0. The van der Waals surface area contributed by atoms with Gasteiger partial charge in [-0.25, -0.2) is 0 Å². The summed E-state index contributed by atoms with van der Waals surface area (Å²) in [4.78, 5) is 0. The van der Waals surface area contributed by atoms with Crippen molar-refractivity contribution >= 4 is 21.5 Å². The normalized spacial score (nSPS) is 17.5. The molecule has 1 unspecified atom stereocenters. The Morgan fingerprint density at radius 1 is 0.783 bits per heavy atom. The average molecular weight is 298 g/mol. The van der Waals surface area contributed by atoms with Gasteiger partial charge in [-0.05, 0) is 64.1 Å². The van der Waals surface area contributed by atoms with Gasteiger partial charge in [-0.1, -0.05) is 48.5 Å². The predicted octanol–water partition coefficient (Wildman–Crippen LogP) is 5.86. The standard InChI is InChI=1S/C22H18O/c1-2-5-18-15(4-1)7-11-21-19-10-9-17(22-6-3-13-23-22)14-16(19)8-12-20(18)21/h1-8,11-13,17H,9-10,14H2. The number of hydrogen-bond donors (Lipinski definition) is 0. The second kappa shape index (κ2) is 4.99. The highest BCUT2D eigenvalue weighted by atomic mass is 16.3.